The summed E-state index contributed by atoms with van der Waals surface area (Å²) in [5.41, 5.74) is 2.43. The van der Waals surface area contributed by atoms with Crippen molar-refractivity contribution in [2.75, 3.05) is 13.2 Å². The fraction of sp³-hybridized carbons (Fsp3) is 0.333. The molecule has 5 nitrogen and oxygen atoms in total. The average Bonchev–Trinajstić information content (AvgIpc) is 2.88. The summed E-state index contributed by atoms with van der Waals surface area (Å²) >= 11 is 0. The largest absolute Gasteiger partial charge is 0.416 e. The Bertz CT molecular complexity index is 508. The number of benzene rings is 1. The van der Waals surface area contributed by atoms with Crippen molar-refractivity contribution in [3.63, 3.8) is 0 Å². The van der Waals surface area contributed by atoms with E-state index in [-0.39, 0.29) is 19.0 Å². The molecule has 1 aliphatic rings. The van der Waals surface area contributed by atoms with E-state index in [2.05, 4.69) is 15.7 Å². The Balaban J connectivity index is 1.85. The maximum absolute atomic E-state index is 12.5. The molecule has 0 aliphatic carbocycles. The molecule has 0 saturated heterocycles. The van der Waals surface area contributed by atoms with E-state index in [4.69, 9.17) is 0 Å². The summed E-state index contributed by atoms with van der Waals surface area (Å²) in [5.74, 6) is -0.291. The maximum Gasteiger partial charge on any atom is 0.416 e. The topological polar surface area (TPSA) is 56.7 Å². The van der Waals surface area contributed by atoms with Crippen LogP contribution in [-0.4, -0.2) is 30.5 Å². The van der Waals surface area contributed by atoms with E-state index in [0.29, 0.717) is 12.2 Å². The van der Waals surface area contributed by atoms with Crippen molar-refractivity contribution in [3.05, 3.63) is 35.4 Å². The zero-order chi connectivity index (χ0) is 14.6. The SMILES string of the molecule is O=C(CN1CN=CN1)NCc1cccc(C(F)(F)F)c1. The second-order valence-corrected chi connectivity index (χ2v) is 4.26. The first-order valence-electron chi connectivity index (χ1n) is 5.87. The summed E-state index contributed by atoms with van der Waals surface area (Å²) in [4.78, 5) is 15.4. The Morgan fingerprint density at radius 3 is 2.90 bits per heavy atom. The molecule has 0 atom stereocenters. The van der Waals surface area contributed by atoms with Crippen molar-refractivity contribution in [3.8, 4) is 0 Å². The van der Waals surface area contributed by atoms with Crippen LogP contribution in [0.25, 0.3) is 0 Å². The highest BCUT2D eigenvalue weighted by molar-refractivity contribution is 5.78. The smallest absolute Gasteiger partial charge is 0.351 e. The Hall–Kier alpha value is -2.09. The van der Waals surface area contributed by atoms with Gasteiger partial charge < -0.3 is 10.7 Å². The van der Waals surface area contributed by atoms with Crippen molar-refractivity contribution >= 4 is 12.2 Å². The van der Waals surface area contributed by atoms with Crippen LogP contribution in [0.5, 0.6) is 0 Å². The van der Waals surface area contributed by atoms with Crippen LogP contribution in [0.3, 0.4) is 0 Å². The van der Waals surface area contributed by atoms with Crippen LogP contribution in [-0.2, 0) is 17.5 Å². The number of hydrogen-bond acceptors (Lipinski definition) is 4. The van der Waals surface area contributed by atoms with Crippen LogP contribution in [0.4, 0.5) is 13.2 Å². The first-order valence-corrected chi connectivity index (χ1v) is 5.87. The van der Waals surface area contributed by atoms with Crippen LogP contribution in [0.2, 0.25) is 0 Å². The van der Waals surface area contributed by atoms with Crippen LogP contribution < -0.4 is 10.7 Å². The highest BCUT2D eigenvalue weighted by Crippen LogP contribution is 2.29. The zero-order valence-electron chi connectivity index (χ0n) is 10.4. The third-order valence-electron chi connectivity index (χ3n) is 2.66. The van der Waals surface area contributed by atoms with Crippen LogP contribution in [0, 0.1) is 0 Å². The predicted octanol–water partition coefficient (Wildman–Crippen LogP) is 1.13. The summed E-state index contributed by atoms with van der Waals surface area (Å²) in [6.07, 6.45) is -2.91. The van der Waals surface area contributed by atoms with E-state index in [1.807, 2.05) is 0 Å². The Labute approximate surface area is 113 Å². The van der Waals surface area contributed by atoms with Crippen molar-refractivity contribution < 1.29 is 18.0 Å². The average molecular weight is 286 g/mol. The molecule has 20 heavy (non-hydrogen) atoms. The lowest BCUT2D eigenvalue weighted by Gasteiger charge is -2.14. The third-order valence-corrected chi connectivity index (χ3v) is 2.66. The molecule has 108 valence electrons. The molecule has 0 fully saturated rings. The lowest BCUT2D eigenvalue weighted by atomic mass is 10.1. The number of nitrogens with zero attached hydrogens (tertiary/aromatic N) is 2. The number of halogens is 3. The van der Waals surface area contributed by atoms with E-state index in [1.54, 1.807) is 5.01 Å². The van der Waals surface area contributed by atoms with Crippen molar-refractivity contribution in [1.82, 2.24) is 15.8 Å². The van der Waals surface area contributed by atoms with Crippen molar-refractivity contribution in [2.45, 2.75) is 12.7 Å². The van der Waals surface area contributed by atoms with E-state index < -0.39 is 11.7 Å². The number of aliphatic imine (C=N–C) groups is 1. The predicted molar refractivity (Wildman–Crippen MR) is 66.5 cm³/mol. The molecular formula is C12H13F3N4O. The van der Waals surface area contributed by atoms with Gasteiger partial charge in [-0.15, -0.1) is 0 Å². The maximum atomic E-state index is 12.5. The van der Waals surface area contributed by atoms with E-state index in [0.717, 1.165) is 12.1 Å². The van der Waals surface area contributed by atoms with Gasteiger partial charge in [0.25, 0.3) is 0 Å². The molecular weight excluding hydrogens is 273 g/mol. The second-order valence-electron chi connectivity index (χ2n) is 4.26. The van der Waals surface area contributed by atoms with Gasteiger partial charge >= 0.3 is 6.18 Å². The Morgan fingerprint density at radius 2 is 2.25 bits per heavy atom. The fourth-order valence-corrected chi connectivity index (χ4v) is 1.69. The number of nitrogens with one attached hydrogen (secondary N) is 2. The lowest BCUT2D eigenvalue weighted by molar-refractivity contribution is -0.137. The van der Waals surface area contributed by atoms with Gasteiger partial charge in [-0.25, -0.2) is 0 Å². The molecule has 0 saturated carbocycles. The molecule has 8 heteroatoms. The molecule has 0 unspecified atom stereocenters. The van der Waals surface area contributed by atoms with Gasteiger partial charge in [0.05, 0.1) is 18.4 Å². The van der Waals surface area contributed by atoms with Gasteiger partial charge in [0, 0.05) is 6.54 Å². The van der Waals surface area contributed by atoms with Crippen molar-refractivity contribution in [1.29, 1.82) is 0 Å². The molecule has 1 aliphatic heterocycles. The van der Waals surface area contributed by atoms with Gasteiger partial charge in [0.1, 0.15) is 6.67 Å². The lowest BCUT2D eigenvalue weighted by Crippen LogP contribution is -2.41. The van der Waals surface area contributed by atoms with E-state index in [1.165, 1.54) is 18.5 Å². The molecule has 0 spiro atoms. The van der Waals surface area contributed by atoms with Gasteiger partial charge in [-0.1, -0.05) is 12.1 Å². The van der Waals surface area contributed by atoms with E-state index in [9.17, 15) is 18.0 Å². The molecule has 1 heterocycles. The highest BCUT2D eigenvalue weighted by Gasteiger charge is 2.30. The van der Waals surface area contributed by atoms with Crippen LogP contribution in [0.1, 0.15) is 11.1 Å². The molecule has 2 rings (SSSR count). The molecule has 2 N–H and O–H groups in total. The number of rotatable bonds is 4. The Morgan fingerprint density at radius 1 is 1.45 bits per heavy atom. The third kappa shape index (κ3) is 3.95. The Kier molecular flexibility index (Phi) is 4.23. The molecule has 0 aromatic heterocycles. The van der Waals surface area contributed by atoms with Crippen molar-refractivity contribution in [2.24, 2.45) is 4.99 Å². The van der Waals surface area contributed by atoms with Crippen LogP contribution >= 0.6 is 0 Å². The number of alkyl halides is 3. The minimum atomic E-state index is -4.38. The molecule has 1 aromatic rings. The minimum Gasteiger partial charge on any atom is -0.351 e. The quantitative estimate of drug-likeness (QED) is 0.872. The second kappa shape index (κ2) is 5.91. The normalized spacial score (nSPS) is 15.2. The number of carbonyl (C=O) groups is 1. The minimum absolute atomic E-state index is 0.0530. The first kappa shape index (κ1) is 14.3. The van der Waals surface area contributed by atoms with Gasteiger partial charge in [-0.05, 0) is 17.7 Å². The van der Waals surface area contributed by atoms with E-state index >= 15 is 0 Å². The van der Waals surface area contributed by atoms with Gasteiger partial charge in [-0.2, -0.15) is 18.2 Å². The van der Waals surface area contributed by atoms with Crippen LogP contribution in [0.15, 0.2) is 29.3 Å². The zero-order valence-corrected chi connectivity index (χ0v) is 10.4. The first-order chi connectivity index (χ1) is 9.45. The summed E-state index contributed by atoms with van der Waals surface area (Å²) in [5, 5.41) is 4.13. The van der Waals surface area contributed by atoms with Gasteiger partial charge in [0.15, 0.2) is 0 Å². The number of amides is 1. The summed E-state index contributed by atoms with van der Waals surface area (Å²) < 4.78 is 37.6. The molecule has 1 amide bonds. The fourth-order valence-electron chi connectivity index (χ4n) is 1.69. The summed E-state index contributed by atoms with van der Waals surface area (Å²) in [6, 6.07) is 4.88. The van der Waals surface area contributed by atoms with Gasteiger partial charge in [-0.3, -0.25) is 9.79 Å². The highest BCUT2D eigenvalue weighted by atomic mass is 19.4. The summed E-state index contributed by atoms with van der Waals surface area (Å²) in [6.45, 7) is 0.507. The monoisotopic (exact) mass is 286 g/mol. The molecule has 0 radical (unpaired) electrons. The van der Waals surface area contributed by atoms with Gasteiger partial charge in [0.2, 0.25) is 5.91 Å². The standard InChI is InChI=1S/C12H13F3N4O/c13-12(14,15)10-3-1-2-9(4-10)5-17-11(20)6-19-8-16-7-18-19/h1-4,7H,5-6,8H2,(H,16,18)(H,17,20). The summed E-state index contributed by atoms with van der Waals surface area (Å²) in [7, 11) is 0. The molecule has 0 bridgehead atoms. The number of hydrogen-bond donors (Lipinski definition) is 2. The number of carbonyl (C=O) groups excluding carboxylic acids is 1. The molecule has 1 aromatic carbocycles. The number of hydrazine groups is 1.